The molecular weight excluding hydrogens is 503 g/mol. The summed E-state index contributed by atoms with van der Waals surface area (Å²) in [6.07, 6.45) is 1.23. The molecule has 0 atom stereocenters. The van der Waals surface area contributed by atoms with Gasteiger partial charge in [-0.3, -0.25) is 9.59 Å². The Kier molecular flexibility index (Phi) is 6.57. The van der Waals surface area contributed by atoms with Crippen LogP contribution in [0.15, 0.2) is 27.5 Å². The zero-order valence-electron chi connectivity index (χ0n) is 18.7. The van der Waals surface area contributed by atoms with E-state index in [9.17, 15) is 27.9 Å². The second-order valence-electron chi connectivity index (χ2n) is 7.73. The highest BCUT2D eigenvalue weighted by atomic mass is 32.2. The van der Waals surface area contributed by atoms with Crippen LogP contribution in [0.25, 0.3) is 10.9 Å². The summed E-state index contributed by atoms with van der Waals surface area (Å²) in [5.74, 6) is -2.50. The van der Waals surface area contributed by atoms with Crippen LogP contribution in [-0.2, 0) is 21.4 Å². The van der Waals surface area contributed by atoms with Gasteiger partial charge in [0.15, 0.2) is 0 Å². The summed E-state index contributed by atoms with van der Waals surface area (Å²) in [5, 5.41) is 19.0. The van der Waals surface area contributed by atoms with Crippen LogP contribution in [0.1, 0.15) is 24.2 Å². The van der Waals surface area contributed by atoms with Crippen molar-refractivity contribution in [3.8, 4) is 0 Å². The Morgan fingerprint density at radius 2 is 1.89 bits per heavy atom. The van der Waals surface area contributed by atoms with Gasteiger partial charge >= 0.3 is 5.97 Å². The van der Waals surface area contributed by atoms with Crippen molar-refractivity contribution in [2.45, 2.75) is 24.7 Å². The summed E-state index contributed by atoms with van der Waals surface area (Å²) >= 11 is 0.740. The number of hydrogen-bond donors (Lipinski definition) is 2. The molecule has 1 fully saturated rings. The first kappa shape index (κ1) is 24.7. The first-order chi connectivity index (χ1) is 16.5. The summed E-state index contributed by atoms with van der Waals surface area (Å²) in [6, 6.07) is 2.51. The number of aromatic nitrogens is 3. The average Bonchev–Trinajstić information content (AvgIpc) is 3.28. The number of benzene rings is 1. The Hall–Kier alpha value is -3.43. The number of hydrogen-bond acceptors (Lipinski definition) is 9. The second kappa shape index (κ2) is 9.31. The van der Waals surface area contributed by atoms with Crippen molar-refractivity contribution in [3.63, 3.8) is 0 Å². The fourth-order valence-corrected chi connectivity index (χ4v) is 6.36. The van der Waals surface area contributed by atoms with Crippen LogP contribution in [0.5, 0.6) is 0 Å². The van der Waals surface area contributed by atoms with Gasteiger partial charge in [0.2, 0.25) is 20.8 Å². The molecule has 1 aromatic carbocycles. The standard InChI is InChI=1S/C20H21FN6O6S2/c1-3-25-10-13(18(30)31)17(29)12-8-14(21)16(9-15(12)25)26-4-6-27(7-5-26)35(32,33)20-24-23-19(34-20)22-11(2)28/h8-10H,3-7H2,1-2H3,(H,30,31)(H,22,23,28). The van der Waals surface area contributed by atoms with Gasteiger partial charge in [-0.1, -0.05) is 11.3 Å². The van der Waals surface area contributed by atoms with Crippen LogP contribution in [0.2, 0.25) is 0 Å². The molecule has 0 radical (unpaired) electrons. The molecule has 3 aromatic rings. The number of rotatable bonds is 6. The van der Waals surface area contributed by atoms with Crippen LogP contribution >= 0.6 is 11.3 Å². The van der Waals surface area contributed by atoms with Gasteiger partial charge < -0.3 is 19.9 Å². The largest absolute Gasteiger partial charge is 0.477 e. The number of piperazine rings is 1. The molecule has 0 unspecified atom stereocenters. The summed E-state index contributed by atoms with van der Waals surface area (Å²) in [7, 11) is -3.95. The minimum atomic E-state index is -3.95. The fraction of sp³-hybridized carbons (Fsp3) is 0.350. The van der Waals surface area contributed by atoms with Crippen LogP contribution in [0.4, 0.5) is 15.2 Å². The maximum Gasteiger partial charge on any atom is 0.341 e. The number of nitrogens with one attached hydrogen (secondary N) is 1. The molecule has 2 aromatic heterocycles. The fourth-order valence-electron chi connectivity index (χ4n) is 3.85. The topological polar surface area (TPSA) is 155 Å². The van der Waals surface area contributed by atoms with Gasteiger partial charge in [-0.05, 0) is 19.1 Å². The Morgan fingerprint density at radius 3 is 2.49 bits per heavy atom. The number of carboxylic acid groups (broad SMARTS) is 1. The minimum Gasteiger partial charge on any atom is -0.477 e. The Balaban J connectivity index is 1.59. The van der Waals surface area contributed by atoms with Crippen LogP contribution < -0.4 is 15.6 Å². The molecule has 186 valence electrons. The second-order valence-corrected chi connectivity index (χ2v) is 10.8. The highest BCUT2D eigenvalue weighted by Crippen LogP contribution is 2.28. The van der Waals surface area contributed by atoms with Crippen LogP contribution in [0, 0.1) is 5.82 Å². The third-order valence-corrected chi connectivity index (χ3v) is 8.63. The van der Waals surface area contributed by atoms with Gasteiger partial charge in [0.25, 0.3) is 10.0 Å². The van der Waals surface area contributed by atoms with Gasteiger partial charge in [0.05, 0.1) is 11.2 Å². The predicted octanol–water partition coefficient (Wildman–Crippen LogP) is 1.18. The molecule has 2 N–H and O–H groups in total. The van der Waals surface area contributed by atoms with Gasteiger partial charge in [0.1, 0.15) is 11.4 Å². The molecule has 0 aliphatic carbocycles. The number of aryl methyl sites for hydroxylation is 1. The lowest BCUT2D eigenvalue weighted by molar-refractivity contribution is -0.114. The number of pyridine rings is 1. The first-order valence-corrected chi connectivity index (χ1v) is 12.7. The number of carbonyl (C=O) groups excluding carboxylic acids is 1. The Morgan fingerprint density at radius 1 is 1.20 bits per heavy atom. The number of sulfonamides is 1. The number of nitrogens with zero attached hydrogens (tertiary/aromatic N) is 5. The molecule has 1 saturated heterocycles. The summed E-state index contributed by atoms with van der Waals surface area (Å²) in [6.45, 7) is 3.83. The van der Waals surface area contributed by atoms with E-state index in [0.717, 1.165) is 17.4 Å². The van der Waals surface area contributed by atoms with Gasteiger partial charge in [-0.15, -0.1) is 10.2 Å². The maximum atomic E-state index is 15.0. The first-order valence-electron chi connectivity index (χ1n) is 10.5. The quantitative estimate of drug-likeness (QED) is 0.452. The number of amides is 1. The highest BCUT2D eigenvalue weighted by Gasteiger charge is 2.32. The number of aromatic carboxylic acids is 1. The molecule has 3 heterocycles. The van der Waals surface area contributed by atoms with Gasteiger partial charge in [0, 0.05) is 51.2 Å². The van der Waals surface area contributed by atoms with E-state index in [1.54, 1.807) is 16.4 Å². The average molecular weight is 525 g/mol. The third kappa shape index (κ3) is 4.61. The zero-order chi connectivity index (χ0) is 25.5. The minimum absolute atomic E-state index is 0.0412. The number of carboxylic acids is 1. The van der Waals surface area contributed by atoms with Crippen molar-refractivity contribution >= 4 is 55.0 Å². The van der Waals surface area contributed by atoms with E-state index in [1.807, 2.05) is 0 Å². The molecule has 15 heteroatoms. The molecular formula is C20H21FN6O6S2. The van der Waals surface area contributed by atoms with Crippen molar-refractivity contribution in [1.29, 1.82) is 0 Å². The lowest BCUT2D eigenvalue weighted by atomic mass is 10.1. The van der Waals surface area contributed by atoms with Crippen molar-refractivity contribution < 1.29 is 27.5 Å². The van der Waals surface area contributed by atoms with Crippen molar-refractivity contribution in [1.82, 2.24) is 19.1 Å². The number of fused-ring (bicyclic) bond motifs is 1. The predicted molar refractivity (Wildman–Crippen MR) is 126 cm³/mol. The SMILES string of the molecule is CCn1cc(C(=O)O)c(=O)c2cc(F)c(N3CCN(S(=O)(=O)c4nnc(NC(C)=O)s4)CC3)cc21. The van der Waals surface area contributed by atoms with Crippen LogP contribution in [0.3, 0.4) is 0 Å². The maximum absolute atomic E-state index is 15.0. The van der Waals surface area contributed by atoms with E-state index in [0.29, 0.717) is 12.1 Å². The molecule has 35 heavy (non-hydrogen) atoms. The highest BCUT2D eigenvalue weighted by molar-refractivity contribution is 7.91. The third-order valence-electron chi connectivity index (χ3n) is 5.55. The molecule has 12 nitrogen and oxygen atoms in total. The smallest absolute Gasteiger partial charge is 0.341 e. The number of halogens is 1. The molecule has 4 rings (SSSR count). The van der Waals surface area contributed by atoms with Gasteiger partial charge in [-0.2, -0.15) is 4.31 Å². The molecule has 1 amide bonds. The summed E-state index contributed by atoms with van der Waals surface area (Å²) < 4.78 is 43.4. The van der Waals surface area contributed by atoms with Crippen LogP contribution in [-0.4, -0.2) is 70.6 Å². The van der Waals surface area contributed by atoms with Crippen molar-refractivity contribution in [2.75, 3.05) is 36.4 Å². The lowest BCUT2D eigenvalue weighted by Gasteiger charge is -2.35. The van der Waals surface area contributed by atoms with E-state index < -0.39 is 38.7 Å². The van der Waals surface area contributed by atoms with Gasteiger partial charge in [-0.25, -0.2) is 17.6 Å². The number of carbonyl (C=O) groups is 2. The summed E-state index contributed by atoms with van der Waals surface area (Å²) in [5.41, 5.74) is -0.644. The molecule has 0 spiro atoms. The van der Waals surface area contributed by atoms with Crippen molar-refractivity contribution in [3.05, 3.63) is 39.9 Å². The summed E-state index contributed by atoms with van der Waals surface area (Å²) in [4.78, 5) is 36.8. The van der Waals surface area contributed by atoms with Crippen molar-refractivity contribution in [2.24, 2.45) is 0 Å². The molecule has 1 aliphatic heterocycles. The zero-order valence-corrected chi connectivity index (χ0v) is 20.3. The molecule has 1 aliphatic rings. The molecule has 0 saturated carbocycles. The van der Waals surface area contributed by atoms with E-state index in [4.69, 9.17) is 0 Å². The Labute approximate surface area is 202 Å². The Bertz CT molecular complexity index is 1490. The number of anilines is 2. The lowest BCUT2D eigenvalue weighted by Crippen LogP contribution is -2.49. The van der Waals surface area contributed by atoms with E-state index in [2.05, 4.69) is 15.5 Å². The van der Waals surface area contributed by atoms with E-state index >= 15 is 4.39 Å². The normalized spacial score (nSPS) is 14.9. The van der Waals surface area contributed by atoms with E-state index in [-0.39, 0.29) is 46.7 Å². The van der Waals surface area contributed by atoms with E-state index in [1.165, 1.54) is 23.5 Å². The molecule has 0 bridgehead atoms. The monoisotopic (exact) mass is 524 g/mol.